The number of H-pyrrole nitrogens is 2. The van der Waals surface area contributed by atoms with Crippen LogP contribution in [-0.2, 0) is 5.41 Å². The molecule has 0 bridgehead atoms. The number of imidazole rings is 2. The van der Waals surface area contributed by atoms with Gasteiger partial charge < -0.3 is 9.97 Å². The van der Waals surface area contributed by atoms with Gasteiger partial charge in [0.2, 0.25) is 23.8 Å². The molecule has 0 atom stereocenters. The number of nitrogens with one attached hydrogen (secondary N) is 4. The fraction of sp³-hybridized carbons (Fsp3) is 0.190. The monoisotopic (exact) mass is 399 g/mol. The second kappa shape index (κ2) is 6.80. The Morgan fingerprint density at radius 3 is 1.53 bits per heavy atom. The van der Waals surface area contributed by atoms with Crippen LogP contribution in [0.4, 0.5) is 23.8 Å². The Balaban J connectivity index is 1.50. The van der Waals surface area contributed by atoms with Crippen LogP contribution in [0.5, 0.6) is 0 Å². The number of hydrogen-bond acceptors (Lipinski definition) is 7. The Hall–Kier alpha value is -4.01. The van der Waals surface area contributed by atoms with Crippen molar-refractivity contribution in [1.29, 1.82) is 0 Å². The molecule has 3 heterocycles. The number of para-hydroxylation sites is 4. The highest BCUT2D eigenvalue weighted by Gasteiger charge is 2.21. The molecular weight excluding hydrogens is 378 g/mol. The van der Waals surface area contributed by atoms with E-state index in [4.69, 9.17) is 0 Å². The first kappa shape index (κ1) is 18.0. The lowest BCUT2D eigenvalue weighted by molar-refractivity contribution is 0.544. The summed E-state index contributed by atoms with van der Waals surface area (Å²) in [6, 6.07) is 15.6. The van der Waals surface area contributed by atoms with Gasteiger partial charge in [0.15, 0.2) is 0 Å². The molecule has 4 N–H and O–H groups in total. The van der Waals surface area contributed by atoms with Crippen molar-refractivity contribution >= 4 is 45.9 Å². The molecule has 0 aliphatic rings. The van der Waals surface area contributed by atoms with Gasteiger partial charge in [-0.15, -0.1) is 0 Å². The minimum atomic E-state index is -0.266. The van der Waals surface area contributed by atoms with E-state index in [1.807, 2.05) is 48.5 Å². The fourth-order valence-corrected chi connectivity index (χ4v) is 3.06. The van der Waals surface area contributed by atoms with Crippen LogP contribution < -0.4 is 10.6 Å². The zero-order chi connectivity index (χ0) is 20.7. The highest BCUT2D eigenvalue weighted by Crippen LogP contribution is 2.24. The Labute approximate surface area is 172 Å². The van der Waals surface area contributed by atoms with Crippen LogP contribution in [0.1, 0.15) is 26.6 Å². The first-order valence-electron chi connectivity index (χ1n) is 9.64. The molecule has 0 radical (unpaired) electrons. The van der Waals surface area contributed by atoms with Crippen molar-refractivity contribution in [3.05, 3.63) is 54.4 Å². The van der Waals surface area contributed by atoms with Crippen LogP contribution >= 0.6 is 0 Å². The van der Waals surface area contributed by atoms with Crippen molar-refractivity contribution in [1.82, 2.24) is 34.9 Å². The molecule has 9 heteroatoms. The molecule has 9 nitrogen and oxygen atoms in total. The lowest BCUT2D eigenvalue weighted by atomic mass is 9.96. The van der Waals surface area contributed by atoms with Crippen molar-refractivity contribution < 1.29 is 0 Å². The maximum atomic E-state index is 4.59. The molecule has 0 spiro atoms. The Kier molecular flexibility index (Phi) is 4.09. The van der Waals surface area contributed by atoms with E-state index in [1.165, 1.54) is 0 Å². The number of hydrogen-bond donors (Lipinski definition) is 4. The van der Waals surface area contributed by atoms with Crippen LogP contribution in [0.15, 0.2) is 48.5 Å². The van der Waals surface area contributed by atoms with E-state index in [9.17, 15) is 0 Å². The van der Waals surface area contributed by atoms with Gasteiger partial charge in [0.05, 0.1) is 22.1 Å². The van der Waals surface area contributed by atoms with Crippen LogP contribution in [0.3, 0.4) is 0 Å². The molecule has 0 saturated carbocycles. The third-order valence-electron chi connectivity index (χ3n) is 4.55. The van der Waals surface area contributed by atoms with Gasteiger partial charge in [-0.2, -0.15) is 15.0 Å². The highest BCUT2D eigenvalue weighted by atomic mass is 15.3. The summed E-state index contributed by atoms with van der Waals surface area (Å²) < 4.78 is 0. The highest BCUT2D eigenvalue weighted by molar-refractivity contribution is 5.78. The number of rotatable bonds is 4. The van der Waals surface area contributed by atoms with Crippen molar-refractivity contribution in [2.24, 2.45) is 0 Å². The Morgan fingerprint density at radius 1 is 0.633 bits per heavy atom. The van der Waals surface area contributed by atoms with E-state index < -0.39 is 0 Å². The van der Waals surface area contributed by atoms with Crippen LogP contribution in [0.2, 0.25) is 0 Å². The van der Waals surface area contributed by atoms with Gasteiger partial charge in [-0.05, 0) is 24.3 Å². The summed E-state index contributed by atoms with van der Waals surface area (Å²) in [5, 5.41) is 6.32. The Bertz CT molecular complexity index is 1180. The summed E-state index contributed by atoms with van der Waals surface area (Å²) in [4.78, 5) is 29.2. The zero-order valence-corrected chi connectivity index (χ0v) is 16.9. The number of aromatic nitrogens is 7. The van der Waals surface area contributed by atoms with E-state index in [2.05, 4.69) is 66.3 Å². The number of anilines is 4. The quantitative estimate of drug-likeness (QED) is 0.353. The predicted molar refractivity (Wildman–Crippen MR) is 117 cm³/mol. The number of nitrogens with zero attached hydrogens (tertiary/aromatic N) is 5. The molecular formula is C21H21N9. The molecule has 150 valence electrons. The molecule has 0 unspecified atom stereocenters. The van der Waals surface area contributed by atoms with Gasteiger partial charge >= 0.3 is 0 Å². The molecule has 0 fully saturated rings. The summed E-state index contributed by atoms with van der Waals surface area (Å²) in [6.45, 7) is 6.16. The molecule has 30 heavy (non-hydrogen) atoms. The van der Waals surface area contributed by atoms with Gasteiger partial charge in [-0.1, -0.05) is 45.0 Å². The smallest absolute Gasteiger partial charge is 0.234 e. The maximum Gasteiger partial charge on any atom is 0.234 e. The molecule has 0 aliphatic carbocycles. The topological polar surface area (TPSA) is 120 Å². The number of benzene rings is 2. The minimum absolute atomic E-state index is 0.266. The van der Waals surface area contributed by atoms with Gasteiger partial charge in [0.25, 0.3) is 0 Å². The van der Waals surface area contributed by atoms with Crippen molar-refractivity contribution in [2.75, 3.05) is 10.6 Å². The van der Waals surface area contributed by atoms with Crippen LogP contribution in [0.25, 0.3) is 22.1 Å². The lowest BCUT2D eigenvalue weighted by Crippen LogP contribution is -2.19. The average Bonchev–Trinajstić information content (AvgIpc) is 3.29. The van der Waals surface area contributed by atoms with Gasteiger partial charge in [0.1, 0.15) is 5.82 Å². The standard InChI is InChI=1S/C21H21N9/c1-21(2,3)16-26-19(28-17-22-12-8-4-5-9-13(12)23-17)30-20(27-16)29-18-24-14-10-6-7-11-15(14)25-18/h4-11H,1-3H3,(H4,22,23,24,25,26,27,28,29,30). The second-order valence-electron chi connectivity index (χ2n) is 8.01. The normalized spacial score (nSPS) is 11.8. The third-order valence-corrected chi connectivity index (χ3v) is 4.55. The third kappa shape index (κ3) is 3.52. The van der Waals surface area contributed by atoms with Gasteiger partial charge in [-0.25, -0.2) is 9.97 Å². The van der Waals surface area contributed by atoms with Gasteiger partial charge in [0, 0.05) is 5.41 Å². The predicted octanol–water partition coefficient (Wildman–Crippen LogP) is 4.41. The summed E-state index contributed by atoms with van der Waals surface area (Å²) in [6.07, 6.45) is 0. The molecule has 2 aromatic carbocycles. The van der Waals surface area contributed by atoms with Gasteiger partial charge in [-0.3, -0.25) is 10.6 Å². The number of fused-ring (bicyclic) bond motifs is 2. The largest absolute Gasteiger partial charge is 0.324 e. The molecule has 5 aromatic rings. The van der Waals surface area contributed by atoms with Crippen LogP contribution in [0, 0.1) is 0 Å². The maximum absolute atomic E-state index is 4.59. The lowest BCUT2D eigenvalue weighted by Gasteiger charge is -2.18. The van der Waals surface area contributed by atoms with Crippen molar-refractivity contribution in [2.45, 2.75) is 26.2 Å². The first-order valence-corrected chi connectivity index (χ1v) is 9.64. The molecule has 0 amide bonds. The summed E-state index contributed by atoms with van der Waals surface area (Å²) >= 11 is 0. The molecule has 3 aromatic heterocycles. The molecule has 5 rings (SSSR count). The van der Waals surface area contributed by atoms with E-state index in [0.717, 1.165) is 22.1 Å². The SMILES string of the molecule is CC(C)(C)c1nc(Nc2nc3ccccc3[nH]2)nc(Nc2nc3ccccc3[nH]2)n1. The van der Waals surface area contributed by atoms with E-state index in [1.54, 1.807) is 0 Å². The first-order chi connectivity index (χ1) is 14.4. The zero-order valence-electron chi connectivity index (χ0n) is 16.9. The molecule has 0 aliphatic heterocycles. The summed E-state index contributed by atoms with van der Waals surface area (Å²) in [7, 11) is 0. The van der Waals surface area contributed by atoms with Crippen molar-refractivity contribution in [3.8, 4) is 0 Å². The second-order valence-corrected chi connectivity index (χ2v) is 8.01. The van der Waals surface area contributed by atoms with Crippen LogP contribution in [-0.4, -0.2) is 34.9 Å². The van der Waals surface area contributed by atoms with E-state index in [0.29, 0.717) is 29.6 Å². The Morgan fingerprint density at radius 2 is 1.10 bits per heavy atom. The molecule has 0 saturated heterocycles. The van der Waals surface area contributed by atoms with E-state index in [-0.39, 0.29) is 5.41 Å². The number of aromatic amines is 2. The van der Waals surface area contributed by atoms with E-state index >= 15 is 0 Å². The van der Waals surface area contributed by atoms with Crippen molar-refractivity contribution in [3.63, 3.8) is 0 Å². The minimum Gasteiger partial charge on any atom is -0.324 e. The average molecular weight is 399 g/mol. The summed E-state index contributed by atoms with van der Waals surface area (Å²) in [5.41, 5.74) is 3.34. The summed E-state index contributed by atoms with van der Waals surface area (Å²) in [5.74, 6) is 2.57. The fourth-order valence-electron chi connectivity index (χ4n) is 3.06.